The number of benzene rings is 4. The van der Waals surface area contributed by atoms with Crippen LogP contribution in [0.1, 0.15) is 86.9 Å². The summed E-state index contributed by atoms with van der Waals surface area (Å²) < 4.78 is 16.1. The largest absolute Gasteiger partial charge is 0.488 e. The Bertz CT molecular complexity index is 2800. The number of rotatable bonds is 10. The van der Waals surface area contributed by atoms with Crippen molar-refractivity contribution < 1.29 is 33.4 Å². The number of hydrogen-bond acceptors (Lipinski definition) is 9. The van der Waals surface area contributed by atoms with Gasteiger partial charge in [-0.2, -0.15) is 0 Å². The highest BCUT2D eigenvalue weighted by atomic mass is 16.5. The molecule has 15 heteroatoms. The summed E-state index contributed by atoms with van der Waals surface area (Å²) in [5.74, 6) is 2.09. The van der Waals surface area contributed by atoms with Crippen molar-refractivity contribution in [1.29, 1.82) is 0 Å². The topological polar surface area (TPSA) is 184 Å². The lowest BCUT2D eigenvalue weighted by molar-refractivity contribution is -0.138. The van der Waals surface area contributed by atoms with Gasteiger partial charge in [0, 0.05) is 18.2 Å². The van der Waals surface area contributed by atoms with Crippen molar-refractivity contribution >= 4 is 35.0 Å². The van der Waals surface area contributed by atoms with E-state index in [-0.39, 0.29) is 41.8 Å². The van der Waals surface area contributed by atoms with E-state index in [1.54, 1.807) is 0 Å². The summed E-state index contributed by atoms with van der Waals surface area (Å²) in [5, 5.41) is 5.49. The Balaban J connectivity index is 0.864. The molecular formula is C50H52N8O7. The number of nitrogens with one attached hydrogen (secondary N) is 4. The van der Waals surface area contributed by atoms with Crippen molar-refractivity contribution in [2.24, 2.45) is 11.8 Å². The van der Waals surface area contributed by atoms with E-state index in [0.717, 1.165) is 93.8 Å². The van der Waals surface area contributed by atoms with E-state index in [1.165, 1.54) is 14.2 Å². The van der Waals surface area contributed by atoms with Crippen LogP contribution in [-0.2, 0) is 25.7 Å². The summed E-state index contributed by atoms with van der Waals surface area (Å²) >= 11 is 0. The molecule has 1 unspecified atom stereocenters. The second-order valence-electron chi connectivity index (χ2n) is 17.9. The van der Waals surface area contributed by atoms with Crippen LogP contribution in [0, 0.1) is 11.8 Å². The predicted molar refractivity (Wildman–Crippen MR) is 242 cm³/mol. The number of likely N-dealkylation sites (tertiary alicyclic amines) is 2. The van der Waals surface area contributed by atoms with Gasteiger partial charge in [-0.15, -0.1) is 0 Å². The summed E-state index contributed by atoms with van der Waals surface area (Å²) in [6, 6.07) is 26.1. The van der Waals surface area contributed by atoms with Gasteiger partial charge in [-0.05, 0) is 102 Å². The molecule has 3 fully saturated rings. The summed E-state index contributed by atoms with van der Waals surface area (Å²) in [6.07, 6.45) is 4.95. The van der Waals surface area contributed by atoms with Crippen molar-refractivity contribution in [3.63, 3.8) is 0 Å². The number of carbonyl (C=O) groups excluding carboxylic acids is 4. The van der Waals surface area contributed by atoms with Crippen LogP contribution in [-0.4, -0.2) is 86.6 Å². The highest BCUT2D eigenvalue weighted by Crippen LogP contribution is 2.51. The maximum atomic E-state index is 14.4. The predicted octanol–water partition coefficient (Wildman–Crippen LogP) is 8.37. The van der Waals surface area contributed by atoms with Gasteiger partial charge < -0.3 is 44.6 Å². The molecule has 5 heterocycles. The van der Waals surface area contributed by atoms with E-state index in [2.05, 4.69) is 69.1 Å². The van der Waals surface area contributed by atoms with Gasteiger partial charge in [0.2, 0.25) is 5.91 Å². The molecule has 3 aliphatic heterocycles. The average Bonchev–Trinajstić information content (AvgIpc) is 4.20. The summed E-state index contributed by atoms with van der Waals surface area (Å²) in [4.78, 5) is 73.2. The standard InChI is InChI=1S/C50H52N8O7/c1-27(2)42(55-49(61)63-3)47(59)57-20-8-11-40(57)45-51-25-39(54-45)31-14-17-35-33(21-31)26-65-41-24-30(13-18-36(35)41)29-15-19-37-38(23-29)53-46(52-37)44-32-12-16-34(22-32)58(44)48(60)43(56-50(62)64-4)28-9-6-5-7-10-28/h5-7,9-10,13-15,17-19,21,23-25,27,32,34,40,42-44H,8,11-12,16,20,22,26H2,1-4H3,(H,51,54)(H,52,53)(H,55,61)(H,56,62)/t32-,34+,40?,42-,43+,44-/m0/s1. The number of fused-ring (bicyclic) bond motifs is 6. The Morgan fingerprint density at radius 1 is 0.800 bits per heavy atom. The molecule has 6 aromatic rings. The highest BCUT2D eigenvalue weighted by molar-refractivity contribution is 5.89. The fourth-order valence-electron chi connectivity index (χ4n) is 10.5. The molecule has 334 valence electrons. The zero-order valence-electron chi connectivity index (χ0n) is 36.8. The molecule has 2 bridgehead atoms. The fourth-order valence-corrected chi connectivity index (χ4v) is 10.5. The van der Waals surface area contributed by atoms with Gasteiger partial charge in [0.05, 0.1) is 49.2 Å². The van der Waals surface area contributed by atoms with Crippen LogP contribution in [0.5, 0.6) is 5.75 Å². The summed E-state index contributed by atoms with van der Waals surface area (Å²) in [6.45, 7) is 4.79. The van der Waals surface area contributed by atoms with Crippen LogP contribution < -0.4 is 15.4 Å². The van der Waals surface area contributed by atoms with Crippen LogP contribution in [0.2, 0.25) is 0 Å². The first-order valence-corrected chi connectivity index (χ1v) is 22.4. The normalized spacial score (nSPS) is 20.5. The molecule has 4 aromatic carbocycles. The molecule has 2 saturated heterocycles. The average molecular weight is 877 g/mol. The van der Waals surface area contributed by atoms with Gasteiger partial charge in [0.1, 0.15) is 36.1 Å². The Morgan fingerprint density at radius 3 is 2.35 bits per heavy atom. The zero-order chi connectivity index (χ0) is 44.9. The SMILES string of the molecule is COC(=O)N[C@H](C(=O)N1CCCC1c1ncc(-c2ccc3c(c2)COc2cc(-c4ccc5nc([C@@H]6[C@H]7CC[C@H](C7)N6C(=O)[C@H](NC(=O)OC)c6ccccc6)[nH]c5c4)ccc2-3)[nH]1)C(C)C. The number of H-pyrrole nitrogens is 2. The number of alkyl carbamates (subject to hydrolysis) is 2. The summed E-state index contributed by atoms with van der Waals surface area (Å²) in [7, 11) is 2.59. The van der Waals surface area contributed by atoms with E-state index in [1.807, 2.05) is 66.2 Å². The maximum absolute atomic E-state index is 14.4. The molecule has 0 spiro atoms. The monoisotopic (exact) mass is 876 g/mol. The fraction of sp³-hybridized carbons (Fsp3) is 0.360. The number of methoxy groups -OCH3 is 2. The first-order valence-electron chi connectivity index (χ1n) is 22.4. The minimum atomic E-state index is -0.886. The molecule has 4 N–H and O–H groups in total. The Labute approximate surface area is 376 Å². The lowest BCUT2D eigenvalue weighted by Crippen LogP contribution is -2.51. The number of piperidine rings is 1. The van der Waals surface area contributed by atoms with Crippen LogP contribution in [0.4, 0.5) is 9.59 Å². The Hall–Kier alpha value is -7.16. The van der Waals surface area contributed by atoms with E-state index in [4.69, 9.17) is 24.2 Å². The number of ether oxygens (including phenoxy) is 3. The van der Waals surface area contributed by atoms with E-state index in [9.17, 15) is 19.2 Å². The number of amides is 4. The minimum Gasteiger partial charge on any atom is -0.488 e. The number of nitrogens with zero attached hydrogens (tertiary/aromatic N) is 4. The van der Waals surface area contributed by atoms with Crippen molar-refractivity contribution in [3.8, 4) is 39.3 Å². The van der Waals surface area contributed by atoms with Crippen molar-refractivity contribution in [1.82, 2.24) is 40.4 Å². The Kier molecular flexibility index (Phi) is 11.0. The third kappa shape index (κ3) is 7.72. The molecule has 1 aliphatic carbocycles. The first-order chi connectivity index (χ1) is 31.6. The van der Waals surface area contributed by atoms with E-state index < -0.39 is 24.3 Å². The van der Waals surface area contributed by atoms with Gasteiger partial charge >= 0.3 is 12.2 Å². The van der Waals surface area contributed by atoms with Gasteiger partial charge in [-0.1, -0.05) is 74.5 Å². The number of aromatic nitrogens is 4. The molecule has 1 saturated carbocycles. The number of aromatic amines is 2. The van der Waals surface area contributed by atoms with Crippen LogP contribution in [0.25, 0.3) is 44.5 Å². The summed E-state index contributed by atoms with van der Waals surface area (Å²) in [5.41, 5.74) is 9.37. The molecule has 2 aromatic heterocycles. The number of imidazole rings is 2. The molecule has 4 amide bonds. The van der Waals surface area contributed by atoms with Crippen LogP contribution in [0.3, 0.4) is 0 Å². The third-order valence-corrected chi connectivity index (χ3v) is 13.7. The van der Waals surface area contributed by atoms with Gasteiger partial charge in [-0.3, -0.25) is 9.59 Å². The lowest BCUT2D eigenvalue weighted by Gasteiger charge is -2.36. The molecule has 0 radical (unpaired) electrons. The molecular weight excluding hydrogens is 825 g/mol. The van der Waals surface area contributed by atoms with Crippen LogP contribution >= 0.6 is 0 Å². The molecule has 4 aliphatic rings. The van der Waals surface area contributed by atoms with Crippen molar-refractivity contribution in [3.05, 3.63) is 114 Å². The zero-order valence-corrected chi connectivity index (χ0v) is 36.8. The molecule has 10 rings (SSSR count). The maximum Gasteiger partial charge on any atom is 0.407 e. The van der Waals surface area contributed by atoms with E-state index in [0.29, 0.717) is 24.5 Å². The first kappa shape index (κ1) is 41.8. The van der Waals surface area contributed by atoms with Crippen molar-refractivity contribution in [2.75, 3.05) is 20.8 Å². The second kappa shape index (κ2) is 17.1. The Morgan fingerprint density at radius 2 is 1.55 bits per heavy atom. The smallest absolute Gasteiger partial charge is 0.407 e. The van der Waals surface area contributed by atoms with E-state index >= 15 is 0 Å². The van der Waals surface area contributed by atoms with Crippen molar-refractivity contribution in [2.45, 2.75) is 82.8 Å². The van der Waals surface area contributed by atoms with Gasteiger partial charge in [0.15, 0.2) is 0 Å². The van der Waals surface area contributed by atoms with Crippen LogP contribution in [0.15, 0.2) is 91.1 Å². The molecule has 65 heavy (non-hydrogen) atoms. The second-order valence-corrected chi connectivity index (χ2v) is 17.9. The van der Waals surface area contributed by atoms with Gasteiger partial charge in [0.25, 0.3) is 5.91 Å². The number of carbonyl (C=O) groups is 4. The highest BCUT2D eigenvalue weighted by Gasteiger charge is 2.51. The van der Waals surface area contributed by atoms with Gasteiger partial charge in [-0.25, -0.2) is 19.6 Å². The molecule has 15 nitrogen and oxygen atoms in total. The lowest BCUT2D eigenvalue weighted by atomic mass is 9.92. The molecule has 6 atom stereocenters. The third-order valence-electron chi connectivity index (χ3n) is 13.7. The number of hydrogen-bond donors (Lipinski definition) is 4. The minimum absolute atomic E-state index is 0.0620. The quantitative estimate of drug-likeness (QED) is 0.105.